The Morgan fingerprint density at radius 2 is 1.21 bits per heavy atom. The summed E-state index contributed by atoms with van der Waals surface area (Å²) in [7, 11) is 0. The van der Waals surface area contributed by atoms with Crippen molar-refractivity contribution in [1.82, 2.24) is 15.0 Å². The number of hydrogen-bond donors (Lipinski definition) is 0. The molecule has 180 valence electrons. The van der Waals surface area contributed by atoms with Crippen molar-refractivity contribution in [3.05, 3.63) is 126 Å². The number of rotatable bonds is 4. The molecule has 2 heterocycles. The summed E-state index contributed by atoms with van der Waals surface area (Å²) in [6.07, 6.45) is 0. The highest BCUT2D eigenvalue weighted by molar-refractivity contribution is 6.31. The molecule has 5 aromatic carbocycles. The highest BCUT2D eigenvalue weighted by Gasteiger charge is 2.15. The Hall–Kier alpha value is -4.80. The lowest BCUT2D eigenvalue weighted by atomic mass is 9.98. The molecule has 0 amide bonds. The van der Waals surface area contributed by atoms with Crippen molar-refractivity contribution in [2.24, 2.45) is 0 Å². The van der Waals surface area contributed by atoms with E-state index in [9.17, 15) is 0 Å². The molecule has 0 unspecified atom stereocenters. The van der Waals surface area contributed by atoms with Gasteiger partial charge in [0.25, 0.3) is 0 Å². The molecule has 0 saturated carbocycles. The summed E-state index contributed by atoms with van der Waals surface area (Å²) in [6.45, 7) is 0. The van der Waals surface area contributed by atoms with Gasteiger partial charge in [-0.3, -0.25) is 0 Å². The van der Waals surface area contributed by atoms with E-state index >= 15 is 0 Å². The normalized spacial score (nSPS) is 15.7. The smallest absolute Gasteiger partial charge is 0.164 e. The van der Waals surface area contributed by atoms with Crippen LogP contribution in [0.4, 0.5) is 0 Å². The topological polar surface area (TPSA) is 51.8 Å². The van der Waals surface area contributed by atoms with Gasteiger partial charge in [-0.05, 0) is 35.4 Å². The second-order valence-electron chi connectivity index (χ2n) is 8.14. The minimum Gasteiger partial charge on any atom is -0.456 e. The first-order valence-electron chi connectivity index (χ1n) is 17.3. The first-order chi connectivity index (χ1) is 23.7. The van der Waals surface area contributed by atoms with Crippen LogP contribution >= 0.6 is 11.6 Å². The largest absolute Gasteiger partial charge is 0.456 e. The Morgan fingerprint density at radius 1 is 0.579 bits per heavy atom. The maximum absolute atomic E-state index is 8.84. The molecule has 4 nitrogen and oxygen atoms in total. The molecule has 0 aliphatic carbocycles. The quantitative estimate of drug-likeness (QED) is 0.232. The molecule has 0 bridgehead atoms. The molecule has 0 aliphatic heterocycles. The van der Waals surface area contributed by atoms with Crippen molar-refractivity contribution in [3.8, 4) is 45.3 Å². The fraction of sp³-hybridized carbons (Fsp3) is 0. The van der Waals surface area contributed by atoms with Crippen LogP contribution in [-0.2, 0) is 0 Å². The molecule has 0 radical (unpaired) electrons. The second-order valence-corrected chi connectivity index (χ2v) is 8.55. The highest BCUT2D eigenvalue weighted by Crippen LogP contribution is 2.38. The molecule has 0 atom stereocenters. The fourth-order valence-electron chi connectivity index (χ4n) is 4.17. The molecule has 7 aromatic rings. The van der Waals surface area contributed by atoms with Gasteiger partial charge in [-0.15, -0.1) is 0 Å². The van der Waals surface area contributed by atoms with Gasteiger partial charge in [0.15, 0.2) is 17.5 Å². The lowest BCUT2D eigenvalue weighted by Gasteiger charge is -2.10. The van der Waals surface area contributed by atoms with Crippen LogP contribution < -0.4 is 0 Å². The van der Waals surface area contributed by atoms with Gasteiger partial charge in [0.1, 0.15) is 11.2 Å². The molecule has 0 N–H and O–H groups in total. The minimum atomic E-state index is -0.644. The number of furan rings is 1. The van der Waals surface area contributed by atoms with Crippen LogP contribution in [-0.4, -0.2) is 15.0 Å². The van der Waals surface area contributed by atoms with E-state index in [1.165, 1.54) is 6.07 Å². The highest BCUT2D eigenvalue weighted by atomic mass is 35.5. The lowest BCUT2D eigenvalue weighted by molar-refractivity contribution is 0.669. The van der Waals surface area contributed by atoms with E-state index < -0.39 is 60.4 Å². The third kappa shape index (κ3) is 4.01. The van der Waals surface area contributed by atoms with Gasteiger partial charge >= 0.3 is 0 Å². The maximum atomic E-state index is 8.84. The number of fused-ring (bicyclic) bond motifs is 3. The van der Waals surface area contributed by atoms with Crippen LogP contribution in [0.15, 0.2) is 125 Å². The molecule has 0 spiro atoms. The van der Waals surface area contributed by atoms with Gasteiger partial charge in [0.2, 0.25) is 0 Å². The van der Waals surface area contributed by atoms with Crippen LogP contribution in [0.5, 0.6) is 0 Å². The Labute approximate surface area is 241 Å². The molecule has 0 fully saturated rings. The molecule has 0 saturated heterocycles. The van der Waals surface area contributed by atoms with Crippen LogP contribution in [0.1, 0.15) is 16.4 Å². The third-order valence-electron chi connectivity index (χ3n) is 5.82. The lowest BCUT2D eigenvalue weighted by Crippen LogP contribution is -2.00. The second kappa shape index (κ2) is 9.25. The predicted molar refractivity (Wildman–Crippen MR) is 154 cm³/mol. The zero-order chi connectivity index (χ0) is 35.9. The van der Waals surface area contributed by atoms with Crippen LogP contribution in [0.3, 0.4) is 0 Å². The van der Waals surface area contributed by atoms with Gasteiger partial charge in [-0.25, -0.2) is 15.0 Å². The monoisotopic (exact) mass is 521 g/mol. The van der Waals surface area contributed by atoms with Crippen molar-refractivity contribution in [3.63, 3.8) is 0 Å². The van der Waals surface area contributed by atoms with Crippen molar-refractivity contribution in [2.75, 3.05) is 0 Å². The first-order valence-corrected chi connectivity index (χ1v) is 11.7. The Balaban J connectivity index is 1.52. The third-order valence-corrected chi connectivity index (χ3v) is 6.04. The van der Waals surface area contributed by atoms with E-state index in [4.69, 9.17) is 32.5 Å². The SMILES string of the molecule is [2H]c1cc2c(cc1Cl)oc1ccc([2H])c(-c3cccc(-c4nc(-c5c([2H])c([2H])c([2H])c([2H])c5[2H])nc(-c5c([2H])c([2H])c([2H])c([2H])c5[2H])n4)c3)c12. The Bertz CT molecular complexity index is 2460. The van der Waals surface area contributed by atoms with Gasteiger partial charge < -0.3 is 4.42 Å². The van der Waals surface area contributed by atoms with E-state index in [-0.39, 0.29) is 45.7 Å². The predicted octanol–water partition coefficient (Wildman–Crippen LogP) is 9.09. The summed E-state index contributed by atoms with van der Waals surface area (Å²) in [4.78, 5) is 13.3. The summed E-state index contributed by atoms with van der Waals surface area (Å²) < 4.78 is 106. The van der Waals surface area contributed by atoms with E-state index in [2.05, 4.69) is 15.0 Å². The molecule has 5 heteroatoms. The Morgan fingerprint density at radius 3 is 1.89 bits per heavy atom. The molecular formula is C33H20ClN3O. The van der Waals surface area contributed by atoms with E-state index in [1.807, 2.05) is 0 Å². The molecule has 0 aliphatic rings. The van der Waals surface area contributed by atoms with E-state index in [0.717, 1.165) is 0 Å². The van der Waals surface area contributed by atoms with E-state index in [1.54, 1.807) is 42.5 Å². The average molecular weight is 522 g/mol. The summed E-state index contributed by atoms with van der Waals surface area (Å²) >= 11 is 6.18. The summed E-state index contributed by atoms with van der Waals surface area (Å²) in [6, 6.07) is 6.88. The van der Waals surface area contributed by atoms with Crippen LogP contribution in [0, 0.1) is 0 Å². The zero-order valence-electron chi connectivity index (χ0n) is 31.2. The molecule has 7 rings (SSSR count). The summed E-state index contributed by atoms with van der Waals surface area (Å²) in [5.74, 6) is -0.882. The van der Waals surface area contributed by atoms with Crippen molar-refractivity contribution < 1.29 is 20.9 Å². The van der Waals surface area contributed by atoms with Gasteiger partial charge in [-0.2, -0.15) is 0 Å². The Kier molecular flexibility index (Phi) is 3.20. The maximum Gasteiger partial charge on any atom is 0.164 e. The van der Waals surface area contributed by atoms with Crippen LogP contribution in [0.25, 0.3) is 67.2 Å². The molecule has 2 aromatic heterocycles. The standard InChI is InChI=1S/C33H20ClN3O/c34-25-17-18-27-29(20-25)38-28-16-8-15-26(30(27)28)23-13-7-14-24(19-23)33-36-31(21-9-3-1-4-10-21)35-32(37-33)22-11-5-2-6-12-22/h1-20H/i1D,2D,3D,4D,5D,6D,9D,10D,11D,12D,15D,17D. The fourth-order valence-corrected chi connectivity index (χ4v) is 4.32. The van der Waals surface area contributed by atoms with Gasteiger partial charge in [0, 0.05) is 38.6 Å². The van der Waals surface area contributed by atoms with Crippen LogP contribution in [0.2, 0.25) is 5.02 Å². The number of benzene rings is 5. The van der Waals surface area contributed by atoms with Crippen molar-refractivity contribution >= 4 is 33.5 Å². The van der Waals surface area contributed by atoms with Crippen molar-refractivity contribution in [2.45, 2.75) is 0 Å². The summed E-state index contributed by atoms with van der Waals surface area (Å²) in [5.41, 5.74) is 1.39. The average Bonchev–Trinajstić information content (AvgIpc) is 3.45. The number of halogens is 1. The first kappa shape index (κ1) is 13.1. The minimum absolute atomic E-state index is 0.0718. The summed E-state index contributed by atoms with van der Waals surface area (Å²) in [5, 5.41) is 1.33. The zero-order valence-corrected chi connectivity index (χ0v) is 20.0. The molecule has 38 heavy (non-hydrogen) atoms. The number of aromatic nitrogens is 3. The number of hydrogen-bond acceptors (Lipinski definition) is 4. The molecular weight excluding hydrogens is 490 g/mol. The van der Waals surface area contributed by atoms with E-state index in [0.29, 0.717) is 38.6 Å². The number of nitrogens with zero attached hydrogens (tertiary/aromatic N) is 3. The van der Waals surface area contributed by atoms with Gasteiger partial charge in [0.05, 0.1) is 16.4 Å². The van der Waals surface area contributed by atoms with Gasteiger partial charge in [-0.1, -0.05) is 102 Å². The van der Waals surface area contributed by atoms with Crippen molar-refractivity contribution in [1.29, 1.82) is 0 Å².